The molecule has 0 aromatic carbocycles. The highest BCUT2D eigenvalue weighted by molar-refractivity contribution is 7.91. The molecule has 5 nitrogen and oxygen atoms in total. The third-order valence-electron chi connectivity index (χ3n) is 2.11. The third kappa shape index (κ3) is 4.56. The monoisotopic (exact) mass is 264 g/mol. The molecule has 3 N–H and O–H groups in total. The average Bonchev–Trinajstić information content (AvgIpc) is 2.65. The van der Waals surface area contributed by atoms with E-state index in [2.05, 4.69) is 4.98 Å². The fourth-order valence-corrected chi connectivity index (χ4v) is 2.92. The van der Waals surface area contributed by atoms with E-state index < -0.39 is 10.0 Å². The summed E-state index contributed by atoms with van der Waals surface area (Å²) in [5, 5.41) is 14.4. The molecule has 92 valence electrons. The average molecular weight is 264 g/mol. The molecular weight excluding hydrogens is 248 g/mol. The molecule has 0 aliphatic heterocycles. The SMILES string of the molecule is NS(=O)(=O)c1cnc(CCCCCCO)s1. The fraction of sp³-hybridized carbons (Fsp3) is 0.667. The Morgan fingerprint density at radius 2 is 2.00 bits per heavy atom. The van der Waals surface area contributed by atoms with Crippen LogP contribution in [-0.4, -0.2) is 25.1 Å². The Kier molecular flexibility index (Phi) is 5.33. The molecule has 1 aromatic heterocycles. The van der Waals surface area contributed by atoms with E-state index in [0.29, 0.717) is 0 Å². The summed E-state index contributed by atoms with van der Waals surface area (Å²) < 4.78 is 22.1. The fourth-order valence-electron chi connectivity index (χ4n) is 1.28. The molecule has 0 saturated carbocycles. The van der Waals surface area contributed by atoms with Crippen molar-refractivity contribution in [3.63, 3.8) is 0 Å². The van der Waals surface area contributed by atoms with Crippen molar-refractivity contribution in [2.75, 3.05) is 6.61 Å². The highest BCUT2D eigenvalue weighted by atomic mass is 32.2. The molecule has 1 aromatic rings. The van der Waals surface area contributed by atoms with Gasteiger partial charge in [-0.05, 0) is 19.3 Å². The van der Waals surface area contributed by atoms with Gasteiger partial charge in [-0.25, -0.2) is 18.5 Å². The first-order valence-corrected chi connectivity index (χ1v) is 7.48. The molecule has 0 atom stereocenters. The van der Waals surface area contributed by atoms with Crippen LogP contribution in [0.5, 0.6) is 0 Å². The number of primary sulfonamides is 1. The molecule has 0 bridgehead atoms. The highest BCUT2D eigenvalue weighted by Gasteiger charge is 2.11. The number of rotatable bonds is 7. The molecule has 0 amide bonds. The second kappa shape index (κ2) is 6.29. The second-order valence-electron chi connectivity index (χ2n) is 3.51. The lowest BCUT2D eigenvalue weighted by Crippen LogP contribution is -2.09. The first-order chi connectivity index (χ1) is 7.54. The lowest BCUT2D eigenvalue weighted by atomic mass is 10.1. The Labute approximate surface area is 99.4 Å². The lowest BCUT2D eigenvalue weighted by Gasteiger charge is -1.96. The van der Waals surface area contributed by atoms with E-state index in [-0.39, 0.29) is 10.8 Å². The maximum Gasteiger partial charge on any atom is 0.249 e. The van der Waals surface area contributed by atoms with E-state index in [1.165, 1.54) is 6.20 Å². The minimum Gasteiger partial charge on any atom is -0.396 e. The van der Waals surface area contributed by atoms with Crippen LogP contribution in [0.15, 0.2) is 10.4 Å². The van der Waals surface area contributed by atoms with Crippen molar-refractivity contribution >= 4 is 21.4 Å². The van der Waals surface area contributed by atoms with Crippen LogP contribution in [0, 0.1) is 0 Å². The van der Waals surface area contributed by atoms with Crippen LogP contribution < -0.4 is 5.14 Å². The summed E-state index contributed by atoms with van der Waals surface area (Å²) in [7, 11) is -3.60. The molecule has 1 heterocycles. The van der Waals surface area contributed by atoms with Crippen molar-refractivity contribution in [1.82, 2.24) is 4.98 Å². The van der Waals surface area contributed by atoms with Gasteiger partial charge in [0.15, 0.2) is 4.21 Å². The zero-order valence-electron chi connectivity index (χ0n) is 8.92. The van der Waals surface area contributed by atoms with Gasteiger partial charge >= 0.3 is 0 Å². The minimum atomic E-state index is -3.60. The zero-order chi connectivity index (χ0) is 12.0. The van der Waals surface area contributed by atoms with Crippen molar-refractivity contribution in [3.05, 3.63) is 11.2 Å². The van der Waals surface area contributed by atoms with Crippen LogP contribution in [0.3, 0.4) is 0 Å². The van der Waals surface area contributed by atoms with E-state index in [1.54, 1.807) is 0 Å². The maximum atomic E-state index is 11.0. The Bertz CT molecular complexity index is 414. The molecule has 7 heteroatoms. The van der Waals surface area contributed by atoms with Crippen LogP contribution in [-0.2, 0) is 16.4 Å². The van der Waals surface area contributed by atoms with Gasteiger partial charge in [0.05, 0.1) is 11.2 Å². The van der Waals surface area contributed by atoms with Gasteiger partial charge in [-0.1, -0.05) is 12.8 Å². The highest BCUT2D eigenvalue weighted by Crippen LogP contribution is 2.19. The van der Waals surface area contributed by atoms with Crippen LogP contribution in [0.1, 0.15) is 30.7 Å². The third-order valence-corrected chi connectivity index (χ3v) is 4.58. The van der Waals surface area contributed by atoms with Crippen molar-refractivity contribution in [2.24, 2.45) is 5.14 Å². The molecule has 0 saturated heterocycles. The smallest absolute Gasteiger partial charge is 0.249 e. The summed E-state index contributed by atoms with van der Waals surface area (Å²) >= 11 is 1.13. The summed E-state index contributed by atoms with van der Waals surface area (Å²) in [5.41, 5.74) is 0. The Balaban J connectivity index is 2.36. The quantitative estimate of drug-likeness (QED) is 0.715. The van der Waals surface area contributed by atoms with Gasteiger partial charge in [0.2, 0.25) is 10.0 Å². The van der Waals surface area contributed by atoms with Gasteiger partial charge in [-0.2, -0.15) is 0 Å². The summed E-state index contributed by atoms with van der Waals surface area (Å²) in [6.07, 6.45) is 5.86. The molecule has 1 rings (SSSR count). The number of hydrogen-bond donors (Lipinski definition) is 2. The summed E-state index contributed by atoms with van der Waals surface area (Å²) in [4.78, 5) is 4.01. The van der Waals surface area contributed by atoms with Crippen molar-refractivity contribution in [1.29, 1.82) is 0 Å². The molecule has 0 unspecified atom stereocenters. The number of hydrogen-bond acceptors (Lipinski definition) is 5. The first kappa shape index (κ1) is 13.6. The Morgan fingerprint density at radius 3 is 2.56 bits per heavy atom. The predicted octanol–water partition coefficient (Wildman–Crippen LogP) is 0.886. The van der Waals surface area contributed by atoms with Gasteiger partial charge in [-0.15, -0.1) is 11.3 Å². The molecule has 0 fully saturated rings. The summed E-state index contributed by atoms with van der Waals surface area (Å²) in [6.45, 7) is 0.229. The summed E-state index contributed by atoms with van der Waals surface area (Å²) in [5.74, 6) is 0. The number of aromatic nitrogens is 1. The summed E-state index contributed by atoms with van der Waals surface area (Å²) in [6, 6.07) is 0. The topological polar surface area (TPSA) is 93.3 Å². The van der Waals surface area contributed by atoms with Crippen LogP contribution in [0.25, 0.3) is 0 Å². The number of aliphatic hydroxyl groups is 1. The zero-order valence-corrected chi connectivity index (χ0v) is 10.6. The van der Waals surface area contributed by atoms with Crippen LogP contribution >= 0.6 is 11.3 Å². The van der Waals surface area contributed by atoms with Gasteiger partial charge in [0.1, 0.15) is 0 Å². The normalized spacial score (nSPS) is 11.9. The molecule has 0 aliphatic rings. The van der Waals surface area contributed by atoms with Gasteiger partial charge in [0.25, 0.3) is 0 Å². The van der Waals surface area contributed by atoms with Crippen LogP contribution in [0.2, 0.25) is 0 Å². The largest absolute Gasteiger partial charge is 0.396 e. The number of aliphatic hydroxyl groups excluding tert-OH is 1. The molecule has 0 spiro atoms. The number of unbranched alkanes of at least 4 members (excludes halogenated alkanes) is 3. The second-order valence-corrected chi connectivity index (χ2v) is 6.41. The van der Waals surface area contributed by atoms with E-state index >= 15 is 0 Å². The number of nitrogens with two attached hydrogens (primary N) is 1. The molecular formula is C9H16N2O3S2. The van der Waals surface area contributed by atoms with Crippen molar-refractivity contribution in [2.45, 2.75) is 36.3 Å². The lowest BCUT2D eigenvalue weighted by molar-refractivity contribution is 0.282. The molecule has 16 heavy (non-hydrogen) atoms. The number of thiazole rings is 1. The standard InChI is InChI=1S/C9H16N2O3S2/c10-16(13,14)9-7-11-8(15-9)5-3-1-2-4-6-12/h7,12H,1-6H2,(H2,10,13,14). The molecule has 0 radical (unpaired) electrons. The maximum absolute atomic E-state index is 11.0. The van der Waals surface area contributed by atoms with Gasteiger partial charge in [0, 0.05) is 6.61 Å². The minimum absolute atomic E-state index is 0.123. The van der Waals surface area contributed by atoms with Crippen LogP contribution in [0.4, 0.5) is 0 Å². The first-order valence-electron chi connectivity index (χ1n) is 5.12. The van der Waals surface area contributed by atoms with E-state index in [1.807, 2.05) is 0 Å². The predicted molar refractivity (Wildman–Crippen MR) is 62.7 cm³/mol. The van der Waals surface area contributed by atoms with E-state index in [0.717, 1.165) is 48.4 Å². The van der Waals surface area contributed by atoms with Crippen molar-refractivity contribution < 1.29 is 13.5 Å². The number of sulfonamides is 1. The Hall–Kier alpha value is -0.500. The van der Waals surface area contributed by atoms with Gasteiger partial charge in [-0.3, -0.25) is 0 Å². The van der Waals surface area contributed by atoms with E-state index in [4.69, 9.17) is 10.2 Å². The Morgan fingerprint density at radius 1 is 1.31 bits per heavy atom. The molecule has 0 aliphatic carbocycles. The van der Waals surface area contributed by atoms with Gasteiger partial charge < -0.3 is 5.11 Å². The number of nitrogens with zero attached hydrogens (tertiary/aromatic N) is 1. The number of aryl methyl sites for hydroxylation is 1. The van der Waals surface area contributed by atoms with Crippen molar-refractivity contribution in [3.8, 4) is 0 Å². The van der Waals surface area contributed by atoms with E-state index in [9.17, 15) is 8.42 Å².